The number of aromatic nitrogens is 1. The summed E-state index contributed by atoms with van der Waals surface area (Å²) < 4.78 is 5.84. The molecule has 0 amide bonds. The molecule has 0 aliphatic rings. The van der Waals surface area contributed by atoms with E-state index in [1.54, 1.807) is 6.20 Å². The van der Waals surface area contributed by atoms with Crippen molar-refractivity contribution < 1.29 is 4.74 Å². The Kier molecular flexibility index (Phi) is 3.66. The Hall–Kier alpha value is -1.83. The zero-order valence-electron chi connectivity index (χ0n) is 11.2. The monoisotopic (exact) mass is 241 g/mol. The zero-order chi connectivity index (χ0) is 13.0. The van der Waals surface area contributed by atoms with Gasteiger partial charge in [-0.2, -0.15) is 0 Å². The van der Waals surface area contributed by atoms with E-state index in [-0.39, 0.29) is 5.41 Å². The van der Waals surface area contributed by atoms with E-state index >= 15 is 0 Å². The molecule has 2 nitrogen and oxygen atoms in total. The second-order valence-electron chi connectivity index (χ2n) is 5.38. The van der Waals surface area contributed by atoms with Gasteiger partial charge in [-0.1, -0.05) is 57.2 Å². The molecule has 0 atom stereocenters. The third kappa shape index (κ3) is 3.10. The number of nitrogens with zero attached hydrogens (tertiary/aromatic N) is 1. The minimum absolute atomic E-state index is 0.0419. The molecule has 0 saturated carbocycles. The summed E-state index contributed by atoms with van der Waals surface area (Å²) in [4.78, 5) is 4.34. The number of pyridine rings is 1. The van der Waals surface area contributed by atoms with Gasteiger partial charge in [0, 0.05) is 11.8 Å². The minimum atomic E-state index is 0.0419. The Morgan fingerprint density at radius 3 is 2.39 bits per heavy atom. The molecule has 2 aromatic rings. The first-order valence-electron chi connectivity index (χ1n) is 6.19. The molecule has 0 spiro atoms. The minimum Gasteiger partial charge on any atom is -0.473 e. The van der Waals surface area contributed by atoms with Crippen LogP contribution in [0.2, 0.25) is 0 Å². The predicted molar refractivity (Wildman–Crippen MR) is 73.7 cm³/mol. The van der Waals surface area contributed by atoms with E-state index in [9.17, 15) is 0 Å². The van der Waals surface area contributed by atoms with Gasteiger partial charge in [0.2, 0.25) is 5.88 Å². The van der Waals surface area contributed by atoms with Gasteiger partial charge in [-0.05, 0) is 17.0 Å². The van der Waals surface area contributed by atoms with Crippen LogP contribution in [0.3, 0.4) is 0 Å². The van der Waals surface area contributed by atoms with Crippen LogP contribution in [0.4, 0.5) is 0 Å². The summed E-state index contributed by atoms with van der Waals surface area (Å²) in [6.45, 7) is 7.05. The molecule has 0 bridgehead atoms. The zero-order valence-corrected chi connectivity index (χ0v) is 11.2. The third-order valence-corrected chi connectivity index (χ3v) is 2.80. The van der Waals surface area contributed by atoms with Crippen molar-refractivity contribution in [1.82, 2.24) is 4.98 Å². The van der Waals surface area contributed by atoms with Crippen LogP contribution in [0.5, 0.6) is 5.88 Å². The quantitative estimate of drug-likeness (QED) is 0.811. The van der Waals surface area contributed by atoms with Crippen molar-refractivity contribution in [2.24, 2.45) is 0 Å². The fraction of sp³-hybridized carbons (Fsp3) is 0.312. The van der Waals surface area contributed by atoms with E-state index in [1.165, 1.54) is 0 Å². The molecule has 1 heterocycles. The van der Waals surface area contributed by atoms with Crippen molar-refractivity contribution >= 4 is 0 Å². The smallest absolute Gasteiger partial charge is 0.217 e. The number of benzene rings is 1. The third-order valence-electron chi connectivity index (χ3n) is 2.80. The summed E-state index contributed by atoms with van der Waals surface area (Å²) in [6, 6.07) is 14.2. The molecule has 1 aromatic carbocycles. The van der Waals surface area contributed by atoms with Crippen LogP contribution >= 0.6 is 0 Å². The standard InChI is InChI=1S/C16H19NO/c1-16(2,3)14-10-7-11-17-15(14)18-12-13-8-5-4-6-9-13/h4-11H,12H2,1-3H3. The number of ether oxygens (including phenoxy) is 1. The van der Waals surface area contributed by atoms with E-state index in [1.807, 2.05) is 24.3 Å². The van der Waals surface area contributed by atoms with Gasteiger partial charge in [0.15, 0.2) is 0 Å². The van der Waals surface area contributed by atoms with E-state index < -0.39 is 0 Å². The predicted octanol–water partition coefficient (Wildman–Crippen LogP) is 3.96. The number of hydrogen-bond donors (Lipinski definition) is 0. The highest BCUT2D eigenvalue weighted by molar-refractivity contribution is 5.32. The molecular weight excluding hydrogens is 222 g/mol. The fourth-order valence-electron chi connectivity index (χ4n) is 1.80. The van der Waals surface area contributed by atoms with Crippen molar-refractivity contribution in [3.05, 3.63) is 59.8 Å². The van der Waals surface area contributed by atoms with Gasteiger partial charge in [0.05, 0.1) is 0 Å². The molecular formula is C16H19NO. The average molecular weight is 241 g/mol. The van der Waals surface area contributed by atoms with Gasteiger partial charge >= 0.3 is 0 Å². The second-order valence-corrected chi connectivity index (χ2v) is 5.38. The molecule has 0 radical (unpaired) electrons. The van der Waals surface area contributed by atoms with Gasteiger partial charge in [-0.25, -0.2) is 4.98 Å². The summed E-state index contributed by atoms with van der Waals surface area (Å²) >= 11 is 0. The Morgan fingerprint density at radius 2 is 1.72 bits per heavy atom. The summed E-state index contributed by atoms with van der Waals surface area (Å²) in [6.07, 6.45) is 1.77. The Balaban J connectivity index is 2.15. The van der Waals surface area contributed by atoms with E-state index in [0.29, 0.717) is 6.61 Å². The van der Waals surface area contributed by atoms with Gasteiger partial charge in [0.25, 0.3) is 0 Å². The lowest BCUT2D eigenvalue weighted by Crippen LogP contribution is -2.14. The highest BCUT2D eigenvalue weighted by Crippen LogP contribution is 2.29. The van der Waals surface area contributed by atoms with Crippen molar-refractivity contribution in [2.45, 2.75) is 32.8 Å². The van der Waals surface area contributed by atoms with Crippen LogP contribution in [0.25, 0.3) is 0 Å². The van der Waals surface area contributed by atoms with Crippen molar-refractivity contribution in [1.29, 1.82) is 0 Å². The van der Waals surface area contributed by atoms with E-state index in [4.69, 9.17) is 4.74 Å². The molecule has 94 valence electrons. The SMILES string of the molecule is CC(C)(C)c1cccnc1OCc1ccccc1. The summed E-state index contributed by atoms with van der Waals surface area (Å²) in [7, 11) is 0. The fourth-order valence-corrected chi connectivity index (χ4v) is 1.80. The molecule has 0 N–H and O–H groups in total. The molecule has 18 heavy (non-hydrogen) atoms. The van der Waals surface area contributed by atoms with Gasteiger partial charge < -0.3 is 4.74 Å². The highest BCUT2D eigenvalue weighted by Gasteiger charge is 2.19. The van der Waals surface area contributed by atoms with Crippen molar-refractivity contribution in [2.75, 3.05) is 0 Å². The second kappa shape index (κ2) is 5.21. The Bertz CT molecular complexity index is 500. The first-order chi connectivity index (χ1) is 8.57. The van der Waals surface area contributed by atoms with Crippen LogP contribution in [-0.4, -0.2) is 4.98 Å². The Morgan fingerprint density at radius 1 is 1.00 bits per heavy atom. The maximum Gasteiger partial charge on any atom is 0.217 e. The summed E-state index contributed by atoms with van der Waals surface area (Å²) in [5.41, 5.74) is 2.34. The van der Waals surface area contributed by atoms with Crippen LogP contribution in [0.1, 0.15) is 31.9 Å². The molecule has 2 heteroatoms. The maximum atomic E-state index is 5.84. The molecule has 0 fully saturated rings. The number of hydrogen-bond acceptors (Lipinski definition) is 2. The topological polar surface area (TPSA) is 22.1 Å². The molecule has 0 aliphatic carbocycles. The molecule has 0 aliphatic heterocycles. The van der Waals surface area contributed by atoms with Crippen LogP contribution in [0.15, 0.2) is 48.7 Å². The van der Waals surface area contributed by atoms with E-state index in [2.05, 4.69) is 44.0 Å². The maximum absolute atomic E-state index is 5.84. The van der Waals surface area contributed by atoms with Crippen molar-refractivity contribution in [3.8, 4) is 5.88 Å². The van der Waals surface area contributed by atoms with Gasteiger partial charge in [-0.3, -0.25) is 0 Å². The first kappa shape index (κ1) is 12.6. The van der Waals surface area contributed by atoms with Crippen LogP contribution in [-0.2, 0) is 12.0 Å². The van der Waals surface area contributed by atoms with Gasteiger partial charge in [0.1, 0.15) is 6.61 Å². The van der Waals surface area contributed by atoms with Crippen LogP contribution < -0.4 is 4.74 Å². The molecule has 2 rings (SSSR count). The molecule has 1 aromatic heterocycles. The van der Waals surface area contributed by atoms with Crippen molar-refractivity contribution in [3.63, 3.8) is 0 Å². The first-order valence-corrected chi connectivity index (χ1v) is 6.19. The lowest BCUT2D eigenvalue weighted by atomic mass is 9.88. The Labute approximate surface area is 109 Å². The largest absolute Gasteiger partial charge is 0.473 e. The van der Waals surface area contributed by atoms with E-state index in [0.717, 1.165) is 17.0 Å². The number of rotatable bonds is 3. The lowest BCUT2D eigenvalue weighted by molar-refractivity contribution is 0.285. The molecule has 0 unspecified atom stereocenters. The normalized spacial score (nSPS) is 11.3. The van der Waals surface area contributed by atoms with Crippen LogP contribution in [0, 0.1) is 0 Å². The summed E-state index contributed by atoms with van der Waals surface area (Å²) in [5, 5.41) is 0. The van der Waals surface area contributed by atoms with Gasteiger partial charge in [-0.15, -0.1) is 0 Å². The lowest BCUT2D eigenvalue weighted by Gasteiger charge is -2.21. The average Bonchev–Trinajstić information content (AvgIpc) is 2.37. The molecule has 0 saturated heterocycles. The highest BCUT2D eigenvalue weighted by atomic mass is 16.5. The summed E-state index contributed by atoms with van der Waals surface area (Å²) in [5.74, 6) is 0.730.